The van der Waals surface area contributed by atoms with E-state index in [1.807, 2.05) is 12.1 Å². The van der Waals surface area contributed by atoms with Gasteiger partial charge in [0.2, 0.25) is 0 Å². The third-order valence-electron chi connectivity index (χ3n) is 3.47. The fourth-order valence-electron chi connectivity index (χ4n) is 1.86. The maximum atomic E-state index is 6.35. The molecule has 0 spiro atoms. The van der Waals surface area contributed by atoms with Crippen molar-refractivity contribution in [1.29, 1.82) is 0 Å². The number of rotatable bonds is 6. The Morgan fingerprint density at radius 3 is 2.47 bits per heavy atom. The van der Waals surface area contributed by atoms with Crippen molar-refractivity contribution >= 4 is 0 Å². The number of ether oxygens (including phenoxy) is 1. The quantitative estimate of drug-likeness (QED) is 0.763. The van der Waals surface area contributed by atoms with Crippen LogP contribution in [-0.2, 0) is 6.42 Å². The third kappa shape index (κ3) is 3.90. The summed E-state index contributed by atoms with van der Waals surface area (Å²) in [6.07, 6.45) is 3.42. The summed E-state index contributed by atoms with van der Waals surface area (Å²) in [6.45, 7) is 10.0. The topological polar surface area (TPSA) is 35.2 Å². The molecule has 0 heterocycles. The van der Waals surface area contributed by atoms with E-state index in [9.17, 15) is 0 Å². The van der Waals surface area contributed by atoms with Crippen LogP contribution < -0.4 is 10.5 Å². The molecule has 0 bridgehead atoms. The van der Waals surface area contributed by atoms with E-state index in [2.05, 4.69) is 39.5 Å². The normalized spacial score (nSPS) is 16.0. The first-order chi connectivity index (χ1) is 7.99. The highest BCUT2D eigenvalue weighted by Crippen LogP contribution is 2.23. The number of hydrogen-bond acceptors (Lipinski definition) is 2. The van der Waals surface area contributed by atoms with Crippen molar-refractivity contribution in [3.8, 4) is 5.75 Å². The van der Waals surface area contributed by atoms with Gasteiger partial charge in [0.25, 0.3) is 0 Å². The Kier molecular flexibility index (Phi) is 4.76. The lowest BCUT2D eigenvalue weighted by Gasteiger charge is -2.31. The van der Waals surface area contributed by atoms with E-state index in [1.165, 1.54) is 11.8 Å². The molecule has 2 heteroatoms. The van der Waals surface area contributed by atoms with Crippen LogP contribution in [0.15, 0.2) is 37.1 Å². The molecule has 0 aromatic heterocycles. The van der Waals surface area contributed by atoms with Crippen LogP contribution in [0.4, 0.5) is 0 Å². The maximum Gasteiger partial charge on any atom is 0.126 e. The lowest BCUT2D eigenvalue weighted by atomic mass is 9.81. The van der Waals surface area contributed by atoms with Crippen LogP contribution in [0.5, 0.6) is 5.75 Å². The molecule has 0 aliphatic heterocycles. The predicted octanol–water partition coefficient (Wildman–Crippen LogP) is 3.51. The molecular weight excluding hydrogens is 210 g/mol. The minimum Gasteiger partial charge on any atom is -0.466 e. The summed E-state index contributed by atoms with van der Waals surface area (Å²) >= 11 is 0. The fourth-order valence-corrected chi connectivity index (χ4v) is 1.86. The molecule has 2 atom stereocenters. The zero-order chi connectivity index (χ0) is 12.9. The average Bonchev–Trinajstić information content (AvgIpc) is 2.30. The molecule has 0 saturated carbocycles. The molecule has 0 aliphatic rings. The van der Waals surface area contributed by atoms with Gasteiger partial charge in [0, 0.05) is 5.54 Å². The predicted molar refractivity (Wildman–Crippen MR) is 73.0 cm³/mol. The Labute approximate surface area is 104 Å². The fraction of sp³-hybridized carbons (Fsp3) is 0.467. The lowest BCUT2D eigenvalue weighted by molar-refractivity contribution is 0.306. The standard InChI is InChI=1S/C15H23NO/c1-5-12(3)15(4,16)11-13-7-9-14(10-8-13)17-6-2/h6-10,12H,2,5,11,16H2,1,3-4H3. The zero-order valence-electron chi connectivity index (χ0n) is 11.1. The van der Waals surface area contributed by atoms with E-state index in [1.54, 1.807) is 0 Å². The van der Waals surface area contributed by atoms with Gasteiger partial charge in [-0.1, -0.05) is 39.0 Å². The molecule has 0 saturated heterocycles. The van der Waals surface area contributed by atoms with E-state index < -0.39 is 0 Å². The Balaban J connectivity index is 2.71. The van der Waals surface area contributed by atoms with Gasteiger partial charge in [-0.3, -0.25) is 0 Å². The van der Waals surface area contributed by atoms with E-state index in [4.69, 9.17) is 10.5 Å². The molecule has 1 aromatic carbocycles. The summed E-state index contributed by atoms with van der Waals surface area (Å²) in [5.41, 5.74) is 7.44. The van der Waals surface area contributed by atoms with Crippen molar-refractivity contribution in [1.82, 2.24) is 0 Å². The zero-order valence-corrected chi connectivity index (χ0v) is 11.1. The average molecular weight is 233 g/mol. The van der Waals surface area contributed by atoms with E-state index in [-0.39, 0.29) is 5.54 Å². The summed E-state index contributed by atoms with van der Waals surface area (Å²) in [5, 5.41) is 0. The molecule has 1 rings (SSSR count). The molecule has 0 amide bonds. The van der Waals surface area contributed by atoms with Crippen molar-refractivity contribution in [2.45, 2.75) is 39.2 Å². The minimum atomic E-state index is -0.157. The second-order valence-electron chi connectivity index (χ2n) is 4.92. The molecule has 0 radical (unpaired) electrons. The summed E-state index contributed by atoms with van der Waals surface area (Å²) < 4.78 is 5.19. The third-order valence-corrected chi connectivity index (χ3v) is 3.47. The van der Waals surface area contributed by atoms with Crippen molar-refractivity contribution in [2.24, 2.45) is 11.7 Å². The highest BCUT2D eigenvalue weighted by Gasteiger charge is 2.25. The lowest BCUT2D eigenvalue weighted by Crippen LogP contribution is -2.44. The van der Waals surface area contributed by atoms with Gasteiger partial charge in [-0.25, -0.2) is 0 Å². The summed E-state index contributed by atoms with van der Waals surface area (Å²) in [5.74, 6) is 1.32. The van der Waals surface area contributed by atoms with E-state index in [0.29, 0.717) is 5.92 Å². The summed E-state index contributed by atoms with van der Waals surface area (Å²) in [7, 11) is 0. The molecule has 2 N–H and O–H groups in total. The molecule has 2 nitrogen and oxygen atoms in total. The van der Waals surface area contributed by atoms with Gasteiger partial charge in [0.05, 0.1) is 6.26 Å². The van der Waals surface area contributed by atoms with Gasteiger partial charge >= 0.3 is 0 Å². The first-order valence-electron chi connectivity index (χ1n) is 6.15. The van der Waals surface area contributed by atoms with E-state index in [0.717, 1.165) is 18.6 Å². The summed E-state index contributed by atoms with van der Waals surface area (Å²) in [6, 6.07) is 8.02. The van der Waals surface area contributed by atoms with Gasteiger partial charge < -0.3 is 10.5 Å². The van der Waals surface area contributed by atoms with Crippen molar-refractivity contribution < 1.29 is 4.74 Å². The Morgan fingerprint density at radius 2 is 2.00 bits per heavy atom. The van der Waals surface area contributed by atoms with Crippen LogP contribution in [0.25, 0.3) is 0 Å². The highest BCUT2D eigenvalue weighted by atomic mass is 16.5. The number of benzene rings is 1. The largest absolute Gasteiger partial charge is 0.466 e. The highest BCUT2D eigenvalue weighted by molar-refractivity contribution is 5.28. The van der Waals surface area contributed by atoms with Crippen molar-refractivity contribution in [3.63, 3.8) is 0 Å². The maximum absolute atomic E-state index is 6.35. The second kappa shape index (κ2) is 5.87. The monoisotopic (exact) mass is 233 g/mol. The SMILES string of the molecule is C=COc1ccc(CC(C)(N)C(C)CC)cc1. The molecule has 1 aromatic rings. The molecule has 94 valence electrons. The molecule has 17 heavy (non-hydrogen) atoms. The van der Waals surface area contributed by atoms with Crippen LogP contribution in [0.2, 0.25) is 0 Å². The molecule has 2 unspecified atom stereocenters. The van der Waals surface area contributed by atoms with Crippen LogP contribution in [0, 0.1) is 5.92 Å². The molecular formula is C15H23NO. The summed E-state index contributed by atoms with van der Waals surface area (Å²) in [4.78, 5) is 0. The van der Waals surface area contributed by atoms with E-state index >= 15 is 0 Å². The van der Waals surface area contributed by atoms with Gasteiger partial charge in [-0.15, -0.1) is 0 Å². The van der Waals surface area contributed by atoms with Gasteiger partial charge in [0.1, 0.15) is 5.75 Å². The smallest absolute Gasteiger partial charge is 0.126 e. The minimum absolute atomic E-state index is 0.157. The van der Waals surface area contributed by atoms with Crippen LogP contribution in [0.3, 0.4) is 0 Å². The van der Waals surface area contributed by atoms with Gasteiger partial charge in [-0.2, -0.15) is 0 Å². The Hall–Kier alpha value is -1.28. The van der Waals surface area contributed by atoms with Crippen LogP contribution in [-0.4, -0.2) is 5.54 Å². The Bertz CT molecular complexity index is 354. The Morgan fingerprint density at radius 1 is 1.41 bits per heavy atom. The second-order valence-corrected chi connectivity index (χ2v) is 4.92. The number of nitrogens with two attached hydrogens (primary N) is 1. The first-order valence-corrected chi connectivity index (χ1v) is 6.15. The number of hydrogen-bond donors (Lipinski definition) is 1. The van der Waals surface area contributed by atoms with Gasteiger partial charge in [0.15, 0.2) is 0 Å². The first kappa shape index (κ1) is 13.8. The molecule has 0 aliphatic carbocycles. The van der Waals surface area contributed by atoms with Crippen molar-refractivity contribution in [3.05, 3.63) is 42.7 Å². The van der Waals surface area contributed by atoms with Gasteiger partial charge in [-0.05, 0) is 37.0 Å². The van der Waals surface area contributed by atoms with Crippen LogP contribution >= 0.6 is 0 Å². The van der Waals surface area contributed by atoms with Crippen LogP contribution in [0.1, 0.15) is 32.8 Å². The molecule has 0 fully saturated rings. The van der Waals surface area contributed by atoms with Crippen molar-refractivity contribution in [2.75, 3.05) is 0 Å².